The monoisotopic (exact) mass is 380 g/mol. The number of nitrogens with zero attached hydrogens (tertiary/aromatic N) is 4. The predicted molar refractivity (Wildman–Crippen MR) is 99.5 cm³/mol. The molecule has 0 spiro atoms. The molecule has 0 atom stereocenters. The van der Waals surface area contributed by atoms with Crippen LogP contribution in [0.5, 0.6) is 0 Å². The second kappa shape index (κ2) is 6.62. The molecule has 0 unspecified atom stereocenters. The van der Waals surface area contributed by atoms with E-state index < -0.39 is 0 Å². The maximum absolute atomic E-state index is 12.8. The third-order valence-electron chi connectivity index (χ3n) is 4.88. The van der Waals surface area contributed by atoms with Crippen molar-refractivity contribution in [2.45, 2.75) is 18.8 Å². The average molecular weight is 380 g/mol. The molecule has 1 fully saturated rings. The van der Waals surface area contributed by atoms with Gasteiger partial charge in [-0.2, -0.15) is 0 Å². The van der Waals surface area contributed by atoms with Crippen LogP contribution in [-0.4, -0.2) is 39.1 Å². The van der Waals surface area contributed by atoms with Gasteiger partial charge in [0.2, 0.25) is 5.89 Å². The summed E-state index contributed by atoms with van der Waals surface area (Å²) in [6.45, 7) is 1.34. The Morgan fingerprint density at radius 1 is 1.19 bits per heavy atom. The normalized spacial score (nSPS) is 15.5. The number of piperidine rings is 1. The van der Waals surface area contributed by atoms with Crippen molar-refractivity contribution in [3.8, 4) is 11.7 Å². The number of furan rings is 1. The van der Waals surface area contributed by atoms with Crippen molar-refractivity contribution in [2.24, 2.45) is 0 Å². The Balaban J connectivity index is 1.26. The zero-order valence-electron chi connectivity index (χ0n) is 14.4. The Kier molecular flexibility index (Phi) is 3.97. The quantitative estimate of drug-likeness (QED) is 0.535. The van der Waals surface area contributed by atoms with Gasteiger partial charge in [0.05, 0.1) is 22.0 Å². The Labute approximate surface area is 158 Å². The number of benzene rings is 1. The lowest BCUT2D eigenvalue weighted by Gasteiger charge is -2.30. The van der Waals surface area contributed by atoms with Crippen molar-refractivity contribution in [3.63, 3.8) is 0 Å². The summed E-state index contributed by atoms with van der Waals surface area (Å²) in [6.07, 6.45) is 3.18. The van der Waals surface area contributed by atoms with E-state index in [1.807, 2.05) is 23.1 Å². The highest BCUT2D eigenvalue weighted by Gasteiger charge is 2.28. The van der Waals surface area contributed by atoms with Gasteiger partial charge in [-0.1, -0.05) is 0 Å². The largest absolute Gasteiger partial charge is 0.459 e. The van der Waals surface area contributed by atoms with Gasteiger partial charge < -0.3 is 13.7 Å². The molecule has 4 heterocycles. The Hall–Kier alpha value is -3.00. The van der Waals surface area contributed by atoms with Crippen LogP contribution in [0.1, 0.15) is 35.0 Å². The second-order valence-corrected chi connectivity index (χ2v) is 7.41. The van der Waals surface area contributed by atoms with Crippen molar-refractivity contribution in [1.29, 1.82) is 0 Å². The molecule has 0 N–H and O–H groups in total. The van der Waals surface area contributed by atoms with Crippen LogP contribution in [-0.2, 0) is 0 Å². The van der Waals surface area contributed by atoms with Crippen LogP contribution in [0.15, 0.2) is 50.9 Å². The van der Waals surface area contributed by atoms with Crippen LogP contribution < -0.4 is 0 Å². The molecule has 136 valence electrons. The molecule has 27 heavy (non-hydrogen) atoms. The molecule has 4 aromatic rings. The first kappa shape index (κ1) is 16.2. The fraction of sp³-hybridized carbons (Fsp3) is 0.263. The highest BCUT2D eigenvalue weighted by atomic mass is 32.1. The molecular weight excluding hydrogens is 364 g/mol. The Morgan fingerprint density at radius 2 is 2.07 bits per heavy atom. The number of hydrogen-bond donors (Lipinski definition) is 0. The number of likely N-dealkylation sites (tertiary alicyclic amines) is 1. The summed E-state index contributed by atoms with van der Waals surface area (Å²) in [4.78, 5) is 19.0. The van der Waals surface area contributed by atoms with Crippen LogP contribution in [0, 0.1) is 0 Å². The number of hydrogen-bond acceptors (Lipinski definition) is 7. The van der Waals surface area contributed by atoms with Crippen molar-refractivity contribution >= 4 is 27.5 Å². The molecule has 1 saturated heterocycles. The molecule has 8 heteroatoms. The summed E-state index contributed by atoms with van der Waals surface area (Å²) in [7, 11) is 0. The van der Waals surface area contributed by atoms with E-state index in [0.29, 0.717) is 36.2 Å². The van der Waals surface area contributed by atoms with Gasteiger partial charge in [-0.25, -0.2) is 4.98 Å². The summed E-state index contributed by atoms with van der Waals surface area (Å²) in [5, 5.41) is 8.23. The number of carbonyl (C=O) groups is 1. The molecule has 0 bridgehead atoms. The third-order valence-corrected chi connectivity index (χ3v) is 5.67. The number of fused-ring (bicyclic) bond motifs is 1. The highest BCUT2D eigenvalue weighted by molar-refractivity contribution is 7.16. The lowest BCUT2D eigenvalue weighted by molar-refractivity contribution is 0.0706. The standard InChI is InChI=1S/C19H16N4O3S/c24-19(13-3-4-14-16(10-13)27-11-20-14)23-7-5-12(6-8-23)17-21-22-18(26-17)15-2-1-9-25-15/h1-4,9-12H,5-8H2. The van der Waals surface area contributed by atoms with E-state index in [-0.39, 0.29) is 11.8 Å². The molecule has 0 radical (unpaired) electrons. The number of aromatic nitrogens is 3. The van der Waals surface area contributed by atoms with Gasteiger partial charge in [-0.05, 0) is 43.2 Å². The molecule has 1 aliphatic rings. The van der Waals surface area contributed by atoms with Gasteiger partial charge in [0.15, 0.2) is 5.76 Å². The Morgan fingerprint density at radius 3 is 2.89 bits per heavy atom. The van der Waals surface area contributed by atoms with Crippen LogP contribution in [0.25, 0.3) is 21.9 Å². The zero-order chi connectivity index (χ0) is 18.2. The minimum absolute atomic E-state index is 0.0607. The van der Waals surface area contributed by atoms with Crippen LogP contribution in [0.4, 0.5) is 0 Å². The highest BCUT2D eigenvalue weighted by Crippen LogP contribution is 2.30. The molecular formula is C19H16N4O3S. The van der Waals surface area contributed by atoms with E-state index >= 15 is 0 Å². The van der Waals surface area contributed by atoms with Crippen LogP contribution >= 0.6 is 11.3 Å². The minimum atomic E-state index is 0.0607. The first-order chi connectivity index (χ1) is 13.3. The fourth-order valence-electron chi connectivity index (χ4n) is 3.40. The number of rotatable bonds is 3. The Bertz CT molecular complexity index is 1080. The van der Waals surface area contributed by atoms with Gasteiger partial charge in [-0.3, -0.25) is 4.79 Å². The van der Waals surface area contributed by atoms with Crippen LogP contribution in [0.2, 0.25) is 0 Å². The van der Waals surface area contributed by atoms with Crippen molar-refractivity contribution in [3.05, 3.63) is 53.6 Å². The molecule has 1 amide bonds. The van der Waals surface area contributed by atoms with E-state index in [1.54, 1.807) is 35.2 Å². The maximum atomic E-state index is 12.8. The third kappa shape index (κ3) is 3.02. The number of amides is 1. The van der Waals surface area contributed by atoms with Crippen LogP contribution in [0.3, 0.4) is 0 Å². The van der Waals surface area contributed by atoms with Crippen molar-refractivity contribution in [1.82, 2.24) is 20.1 Å². The van der Waals surface area contributed by atoms with Gasteiger partial charge in [-0.15, -0.1) is 21.5 Å². The summed E-state index contributed by atoms with van der Waals surface area (Å²) < 4.78 is 12.1. The number of thiazole rings is 1. The van der Waals surface area contributed by atoms with E-state index in [1.165, 1.54) is 0 Å². The van der Waals surface area contributed by atoms with E-state index in [9.17, 15) is 4.79 Å². The first-order valence-corrected chi connectivity index (χ1v) is 9.66. The average Bonchev–Trinajstić information content (AvgIpc) is 3.48. The molecule has 7 nitrogen and oxygen atoms in total. The minimum Gasteiger partial charge on any atom is -0.459 e. The number of carbonyl (C=O) groups excluding carboxylic acids is 1. The smallest absolute Gasteiger partial charge is 0.283 e. The van der Waals surface area contributed by atoms with Gasteiger partial charge in [0.25, 0.3) is 11.8 Å². The topological polar surface area (TPSA) is 85.3 Å². The molecule has 0 aliphatic carbocycles. The summed E-state index contributed by atoms with van der Waals surface area (Å²) >= 11 is 1.55. The lowest BCUT2D eigenvalue weighted by atomic mass is 9.96. The fourth-order valence-corrected chi connectivity index (χ4v) is 4.12. The molecule has 5 rings (SSSR count). The van der Waals surface area contributed by atoms with Crippen molar-refractivity contribution < 1.29 is 13.6 Å². The SMILES string of the molecule is O=C(c1ccc2ncsc2c1)N1CCC(c2nnc(-c3ccco3)o2)CC1. The predicted octanol–water partition coefficient (Wildman–Crippen LogP) is 3.96. The molecule has 0 saturated carbocycles. The first-order valence-electron chi connectivity index (χ1n) is 8.78. The van der Waals surface area contributed by atoms with E-state index in [0.717, 1.165) is 23.1 Å². The van der Waals surface area contributed by atoms with Gasteiger partial charge >= 0.3 is 0 Å². The van der Waals surface area contributed by atoms with Gasteiger partial charge in [0.1, 0.15) is 0 Å². The second-order valence-electron chi connectivity index (χ2n) is 6.52. The van der Waals surface area contributed by atoms with E-state index in [4.69, 9.17) is 8.83 Å². The van der Waals surface area contributed by atoms with Crippen molar-refractivity contribution in [2.75, 3.05) is 13.1 Å². The van der Waals surface area contributed by atoms with E-state index in [2.05, 4.69) is 15.2 Å². The summed E-state index contributed by atoms with van der Waals surface area (Å²) in [5.74, 6) is 1.80. The lowest BCUT2D eigenvalue weighted by Crippen LogP contribution is -2.38. The maximum Gasteiger partial charge on any atom is 0.283 e. The summed E-state index contributed by atoms with van der Waals surface area (Å²) in [6, 6.07) is 9.25. The molecule has 1 aromatic carbocycles. The zero-order valence-corrected chi connectivity index (χ0v) is 15.2. The molecule has 3 aromatic heterocycles. The van der Waals surface area contributed by atoms with Gasteiger partial charge in [0, 0.05) is 24.6 Å². The summed E-state index contributed by atoms with van der Waals surface area (Å²) in [5.41, 5.74) is 3.44. The molecule has 1 aliphatic heterocycles.